The standard InChI is InChI=1S/C11H18N2O3SSi/c1-10(14)12-13(18(2,3)4)17(15,16)11-8-6-5-7-9-11/h5-9H,1-4H3,(H,12,14). The van der Waals surface area contributed by atoms with Gasteiger partial charge >= 0.3 is 0 Å². The van der Waals surface area contributed by atoms with Crippen molar-refractivity contribution in [1.82, 2.24) is 9.51 Å². The van der Waals surface area contributed by atoms with Crippen molar-refractivity contribution in [2.45, 2.75) is 31.5 Å². The Morgan fingerprint density at radius 1 is 1.17 bits per heavy atom. The number of carbonyl (C=O) groups excluding carboxylic acids is 1. The van der Waals surface area contributed by atoms with Crippen LogP contribution < -0.4 is 5.43 Å². The maximum atomic E-state index is 12.5. The minimum atomic E-state index is -3.69. The van der Waals surface area contributed by atoms with Crippen molar-refractivity contribution in [3.05, 3.63) is 30.3 Å². The van der Waals surface area contributed by atoms with Gasteiger partial charge < -0.3 is 0 Å². The molecule has 18 heavy (non-hydrogen) atoms. The number of hydrogen-bond donors (Lipinski definition) is 1. The first kappa shape index (κ1) is 14.9. The summed E-state index contributed by atoms with van der Waals surface area (Å²) in [7, 11) is -5.94. The Hall–Kier alpha value is -1.18. The summed E-state index contributed by atoms with van der Waals surface area (Å²) in [4.78, 5) is 11.4. The molecule has 0 spiro atoms. The molecular formula is C11H18N2O3SSi. The Labute approximate surface area is 109 Å². The lowest BCUT2D eigenvalue weighted by atomic mass is 10.4. The summed E-state index contributed by atoms with van der Waals surface area (Å²) in [5.41, 5.74) is 2.43. The molecule has 0 unspecified atom stereocenters. The molecule has 0 aromatic heterocycles. The largest absolute Gasteiger partial charge is 0.282 e. The molecule has 1 aromatic carbocycles. The average molecular weight is 286 g/mol. The molecule has 0 saturated heterocycles. The topological polar surface area (TPSA) is 66.5 Å². The van der Waals surface area contributed by atoms with Gasteiger partial charge in [-0.3, -0.25) is 10.2 Å². The second-order valence-corrected chi connectivity index (χ2v) is 11.8. The Balaban J connectivity index is 3.25. The van der Waals surface area contributed by atoms with E-state index in [0.29, 0.717) is 0 Å². The van der Waals surface area contributed by atoms with E-state index in [0.717, 1.165) is 4.08 Å². The van der Waals surface area contributed by atoms with E-state index < -0.39 is 24.2 Å². The van der Waals surface area contributed by atoms with Gasteiger partial charge in [0.2, 0.25) is 5.91 Å². The molecule has 0 bridgehead atoms. The van der Waals surface area contributed by atoms with Gasteiger partial charge in [0.15, 0.2) is 8.24 Å². The van der Waals surface area contributed by atoms with Gasteiger partial charge in [0.05, 0.1) is 4.90 Å². The molecule has 7 heteroatoms. The molecule has 0 heterocycles. The van der Waals surface area contributed by atoms with Gasteiger partial charge in [0.1, 0.15) is 0 Å². The predicted molar refractivity (Wildman–Crippen MR) is 72.6 cm³/mol. The van der Waals surface area contributed by atoms with Crippen LogP contribution in [0, 0.1) is 0 Å². The van der Waals surface area contributed by atoms with Crippen molar-refractivity contribution in [2.75, 3.05) is 0 Å². The molecule has 1 aromatic rings. The van der Waals surface area contributed by atoms with Crippen LogP contribution in [0.2, 0.25) is 19.6 Å². The van der Waals surface area contributed by atoms with Crippen LogP contribution in [0.25, 0.3) is 0 Å². The molecule has 0 atom stereocenters. The molecule has 0 radical (unpaired) electrons. The Morgan fingerprint density at radius 2 is 1.67 bits per heavy atom. The number of carbonyl (C=O) groups is 1. The SMILES string of the molecule is CC(=O)NN([Si](C)(C)C)S(=O)(=O)c1ccccc1. The third-order valence-corrected chi connectivity index (χ3v) is 7.28. The number of benzene rings is 1. The quantitative estimate of drug-likeness (QED) is 0.675. The number of hydrazine groups is 1. The second kappa shape index (κ2) is 5.21. The highest BCUT2D eigenvalue weighted by atomic mass is 32.2. The predicted octanol–water partition coefficient (Wildman–Crippen LogP) is 1.56. The third kappa shape index (κ3) is 3.41. The number of nitrogens with zero attached hydrogens (tertiary/aromatic N) is 1. The van der Waals surface area contributed by atoms with Crippen molar-refractivity contribution < 1.29 is 13.2 Å². The summed E-state index contributed by atoms with van der Waals surface area (Å²) < 4.78 is 26.0. The number of amides is 1. The fourth-order valence-electron chi connectivity index (χ4n) is 1.43. The van der Waals surface area contributed by atoms with E-state index in [1.54, 1.807) is 18.2 Å². The zero-order valence-corrected chi connectivity index (χ0v) is 12.8. The van der Waals surface area contributed by atoms with E-state index in [2.05, 4.69) is 5.43 Å². The smallest absolute Gasteiger partial charge is 0.253 e. The minimum absolute atomic E-state index is 0.182. The first-order valence-corrected chi connectivity index (χ1v) is 10.4. The van der Waals surface area contributed by atoms with Crippen LogP contribution in [0.15, 0.2) is 35.2 Å². The molecule has 0 aliphatic carbocycles. The molecule has 0 aliphatic heterocycles. The van der Waals surface area contributed by atoms with Crippen molar-refractivity contribution in [2.24, 2.45) is 0 Å². The van der Waals surface area contributed by atoms with Crippen LogP contribution in [0.3, 0.4) is 0 Å². The molecule has 1 N–H and O–H groups in total. The van der Waals surface area contributed by atoms with Gasteiger partial charge in [0, 0.05) is 6.92 Å². The fraction of sp³-hybridized carbons (Fsp3) is 0.364. The van der Waals surface area contributed by atoms with E-state index in [9.17, 15) is 13.2 Å². The van der Waals surface area contributed by atoms with Crippen LogP contribution in [0.5, 0.6) is 0 Å². The van der Waals surface area contributed by atoms with Gasteiger partial charge in [-0.1, -0.05) is 37.8 Å². The molecule has 100 valence electrons. The van der Waals surface area contributed by atoms with E-state index in [1.807, 2.05) is 19.6 Å². The van der Waals surface area contributed by atoms with Gasteiger partial charge in [0.25, 0.3) is 10.0 Å². The van der Waals surface area contributed by atoms with Gasteiger partial charge in [-0.25, -0.2) is 8.42 Å². The normalized spacial score (nSPS) is 12.5. The lowest BCUT2D eigenvalue weighted by Crippen LogP contribution is -2.58. The Kier molecular flexibility index (Phi) is 4.31. The molecule has 5 nitrogen and oxygen atoms in total. The Bertz CT molecular complexity index is 523. The van der Waals surface area contributed by atoms with E-state index in [-0.39, 0.29) is 4.90 Å². The summed E-state index contributed by atoms with van der Waals surface area (Å²) in [5, 5.41) is 0. The highest BCUT2D eigenvalue weighted by Crippen LogP contribution is 2.19. The first-order chi connectivity index (χ1) is 8.15. The second-order valence-electron chi connectivity index (χ2n) is 4.92. The number of rotatable bonds is 4. The number of hydrogen-bond acceptors (Lipinski definition) is 3. The van der Waals surface area contributed by atoms with Crippen LogP contribution in [0.4, 0.5) is 0 Å². The lowest BCUT2D eigenvalue weighted by Gasteiger charge is -2.32. The average Bonchev–Trinajstić information content (AvgIpc) is 2.25. The zero-order valence-electron chi connectivity index (χ0n) is 11.0. The van der Waals surface area contributed by atoms with Crippen LogP contribution in [0.1, 0.15) is 6.92 Å². The molecule has 0 aliphatic rings. The third-order valence-electron chi connectivity index (χ3n) is 2.15. The van der Waals surface area contributed by atoms with Crippen molar-refractivity contribution >= 4 is 24.2 Å². The van der Waals surface area contributed by atoms with Crippen LogP contribution >= 0.6 is 0 Å². The monoisotopic (exact) mass is 286 g/mol. The van der Waals surface area contributed by atoms with Crippen molar-refractivity contribution in [3.8, 4) is 0 Å². The molecule has 1 rings (SSSR count). The minimum Gasteiger partial charge on any atom is -0.282 e. The van der Waals surface area contributed by atoms with Gasteiger partial charge in [-0.15, -0.1) is 4.08 Å². The fourth-order valence-corrected chi connectivity index (χ4v) is 6.08. The summed E-state index contributed by atoms with van der Waals surface area (Å²) in [6.07, 6.45) is 0. The Morgan fingerprint density at radius 3 is 2.06 bits per heavy atom. The summed E-state index contributed by atoms with van der Waals surface area (Å²) in [5.74, 6) is -0.392. The maximum Gasteiger partial charge on any atom is 0.253 e. The highest BCUT2D eigenvalue weighted by Gasteiger charge is 2.36. The lowest BCUT2D eigenvalue weighted by molar-refractivity contribution is -0.120. The summed E-state index contributed by atoms with van der Waals surface area (Å²) in [6.45, 7) is 6.85. The maximum absolute atomic E-state index is 12.5. The molecular weight excluding hydrogens is 268 g/mol. The van der Waals surface area contributed by atoms with E-state index in [1.165, 1.54) is 19.1 Å². The molecule has 0 fully saturated rings. The number of nitrogens with one attached hydrogen (secondary N) is 1. The van der Waals surface area contributed by atoms with Crippen LogP contribution in [-0.4, -0.2) is 26.6 Å². The highest BCUT2D eigenvalue weighted by molar-refractivity contribution is 7.90. The van der Waals surface area contributed by atoms with E-state index >= 15 is 0 Å². The number of sulfonamides is 1. The van der Waals surface area contributed by atoms with Crippen LogP contribution in [-0.2, 0) is 14.8 Å². The van der Waals surface area contributed by atoms with Gasteiger partial charge in [-0.05, 0) is 12.1 Å². The molecule has 0 saturated carbocycles. The van der Waals surface area contributed by atoms with Crippen molar-refractivity contribution in [1.29, 1.82) is 0 Å². The first-order valence-electron chi connectivity index (χ1n) is 5.53. The summed E-state index contributed by atoms with van der Waals surface area (Å²) in [6, 6.07) is 8.09. The molecule has 1 amide bonds. The summed E-state index contributed by atoms with van der Waals surface area (Å²) >= 11 is 0. The van der Waals surface area contributed by atoms with Gasteiger partial charge in [-0.2, -0.15) is 0 Å². The zero-order chi connectivity index (χ0) is 14.0. The van der Waals surface area contributed by atoms with Crippen molar-refractivity contribution in [3.63, 3.8) is 0 Å². The van der Waals surface area contributed by atoms with E-state index in [4.69, 9.17) is 0 Å².